The average molecular weight is 233 g/mol. The number of carbonyl (C=O) groups is 1. The Bertz CT molecular complexity index is 422. The maximum Gasteiger partial charge on any atom is 0.227 e. The fraction of sp³-hybridized carbons (Fsp3) is 0.500. The normalized spacial score (nSPS) is 14.8. The molecule has 1 amide bonds. The molecule has 1 aliphatic carbocycles. The van der Waals surface area contributed by atoms with Gasteiger partial charge in [0.1, 0.15) is 5.75 Å². The van der Waals surface area contributed by atoms with E-state index in [1.54, 1.807) is 0 Å². The number of anilines is 1. The zero-order valence-corrected chi connectivity index (χ0v) is 10.6. The van der Waals surface area contributed by atoms with E-state index >= 15 is 0 Å². The minimum absolute atomic E-state index is 0.144. The van der Waals surface area contributed by atoms with Crippen LogP contribution in [0.2, 0.25) is 0 Å². The van der Waals surface area contributed by atoms with Crippen molar-refractivity contribution in [3.8, 4) is 5.75 Å². The predicted molar refractivity (Wildman–Crippen MR) is 68.3 cm³/mol. The predicted octanol–water partition coefficient (Wildman–Crippen LogP) is 3.13. The second kappa shape index (κ2) is 4.78. The fourth-order valence-electron chi connectivity index (χ4n) is 1.70. The van der Waals surface area contributed by atoms with Gasteiger partial charge in [-0.15, -0.1) is 0 Å². The van der Waals surface area contributed by atoms with E-state index in [1.165, 1.54) is 0 Å². The standard InChI is InChI=1S/C14H19NO2/c1-9(2)17-12-6-7-13(10(3)8-12)15-14(16)11-4-5-11/h6-9,11H,4-5H2,1-3H3,(H,15,16). The fourth-order valence-corrected chi connectivity index (χ4v) is 1.70. The van der Waals surface area contributed by atoms with Crippen LogP contribution in [0.5, 0.6) is 5.75 Å². The van der Waals surface area contributed by atoms with Crippen LogP contribution in [0.15, 0.2) is 18.2 Å². The Morgan fingerprint density at radius 2 is 2.12 bits per heavy atom. The lowest BCUT2D eigenvalue weighted by atomic mass is 10.2. The van der Waals surface area contributed by atoms with Gasteiger partial charge < -0.3 is 10.1 Å². The Balaban J connectivity index is 2.05. The first kappa shape index (κ1) is 12.0. The summed E-state index contributed by atoms with van der Waals surface area (Å²) in [6, 6.07) is 5.77. The van der Waals surface area contributed by atoms with Gasteiger partial charge in [0, 0.05) is 11.6 Å². The number of nitrogens with one attached hydrogen (secondary N) is 1. The number of hydrogen-bond acceptors (Lipinski definition) is 2. The van der Waals surface area contributed by atoms with Crippen LogP contribution in [0.1, 0.15) is 32.3 Å². The summed E-state index contributed by atoms with van der Waals surface area (Å²) >= 11 is 0. The summed E-state index contributed by atoms with van der Waals surface area (Å²) in [6.07, 6.45) is 2.22. The van der Waals surface area contributed by atoms with Gasteiger partial charge in [0.05, 0.1) is 6.10 Å². The number of ether oxygens (including phenoxy) is 1. The van der Waals surface area contributed by atoms with Crippen LogP contribution in [-0.4, -0.2) is 12.0 Å². The first-order valence-electron chi connectivity index (χ1n) is 6.14. The molecule has 1 N–H and O–H groups in total. The summed E-state index contributed by atoms with van der Waals surface area (Å²) in [6.45, 7) is 5.98. The Morgan fingerprint density at radius 3 is 2.65 bits per heavy atom. The van der Waals surface area contributed by atoms with E-state index in [-0.39, 0.29) is 17.9 Å². The summed E-state index contributed by atoms with van der Waals surface area (Å²) in [5.74, 6) is 1.23. The van der Waals surface area contributed by atoms with Crippen molar-refractivity contribution >= 4 is 11.6 Å². The summed E-state index contributed by atoms with van der Waals surface area (Å²) < 4.78 is 5.60. The molecule has 1 aliphatic rings. The van der Waals surface area contributed by atoms with Gasteiger partial charge in [0.15, 0.2) is 0 Å². The molecule has 0 unspecified atom stereocenters. The van der Waals surface area contributed by atoms with Gasteiger partial charge in [-0.25, -0.2) is 0 Å². The van der Waals surface area contributed by atoms with E-state index < -0.39 is 0 Å². The van der Waals surface area contributed by atoms with Crippen molar-refractivity contribution in [2.75, 3.05) is 5.32 Å². The van der Waals surface area contributed by atoms with Gasteiger partial charge in [-0.05, 0) is 57.4 Å². The molecule has 1 aromatic rings. The number of rotatable bonds is 4. The number of hydrogen-bond donors (Lipinski definition) is 1. The number of carbonyl (C=O) groups excluding carboxylic acids is 1. The van der Waals surface area contributed by atoms with Crippen molar-refractivity contribution in [2.24, 2.45) is 5.92 Å². The molecular formula is C14H19NO2. The molecule has 1 saturated carbocycles. The molecule has 17 heavy (non-hydrogen) atoms. The lowest BCUT2D eigenvalue weighted by Crippen LogP contribution is -2.14. The van der Waals surface area contributed by atoms with E-state index in [9.17, 15) is 4.79 Å². The lowest BCUT2D eigenvalue weighted by Gasteiger charge is -2.13. The molecule has 0 saturated heterocycles. The van der Waals surface area contributed by atoms with Crippen LogP contribution in [0.4, 0.5) is 5.69 Å². The molecule has 3 nitrogen and oxygen atoms in total. The van der Waals surface area contributed by atoms with Crippen LogP contribution in [0.3, 0.4) is 0 Å². The topological polar surface area (TPSA) is 38.3 Å². The van der Waals surface area contributed by atoms with Crippen molar-refractivity contribution in [3.05, 3.63) is 23.8 Å². The third kappa shape index (κ3) is 3.22. The number of aryl methyl sites for hydroxylation is 1. The van der Waals surface area contributed by atoms with Crippen LogP contribution >= 0.6 is 0 Å². The molecule has 92 valence electrons. The Morgan fingerprint density at radius 1 is 1.41 bits per heavy atom. The highest BCUT2D eigenvalue weighted by molar-refractivity contribution is 5.94. The molecule has 2 rings (SSSR count). The molecule has 0 bridgehead atoms. The first-order chi connectivity index (χ1) is 8.06. The summed E-state index contributed by atoms with van der Waals surface area (Å²) in [7, 11) is 0. The van der Waals surface area contributed by atoms with Crippen LogP contribution in [0, 0.1) is 12.8 Å². The largest absolute Gasteiger partial charge is 0.491 e. The molecule has 0 radical (unpaired) electrons. The van der Waals surface area contributed by atoms with Gasteiger partial charge in [-0.3, -0.25) is 4.79 Å². The molecule has 0 aromatic heterocycles. The van der Waals surface area contributed by atoms with Crippen molar-refractivity contribution in [3.63, 3.8) is 0 Å². The zero-order valence-electron chi connectivity index (χ0n) is 10.6. The molecule has 0 heterocycles. The minimum atomic E-state index is 0.144. The van der Waals surface area contributed by atoms with Crippen LogP contribution in [-0.2, 0) is 4.79 Å². The molecule has 1 fully saturated rings. The van der Waals surface area contributed by atoms with Gasteiger partial charge in [0.2, 0.25) is 5.91 Å². The highest BCUT2D eigenvalue weighted by Crippen LogP contribution is 2.31. The van der Waals surface area contributed by atoms with Crippen molar-refractivity contribution in [1.29, 1.82) is 0 Å². The van der Waals surface area contributed by atoms with E-state index in [0.717, 1.165) is 29.8 Å². The highest BCUT2D eigenvalue weighted by atomic mass is 16.5. The quantitative estimate of drug-likeness (QED) is 0.867. The zero-order chi connectivity index (χ0) is 12.4. The lowest BCUT2D eigenvalue weighted by molar-refractivity contribution is -0.117. The maximum absolute atomic E-state index is 11.6. The molecule has 0 spiro atoms. The Hall–Kier alpha value is -1.51. The smallest absolute Gasteiger partial charge is 0.227 e. The second-order valence-corrected chi connectivity index (χ2v) is 4.91. The first-order valence-corrected chi connectivity index (χ1v) is 6.14. The van der Waals surface area contributed by atoms with Gasteiger partial charge in [0.25, 0.3) is 0 Å². The molecule has 0 aliphatic heterocycles. The maximum atomic E-state index is 11.6. The van der Waals surface area contributed by atoms with Crippen molar-refractivity contribution in [2.45, 2.75) is 39.7 Å². The molecule has 3 heteroatoms. The second-order valence-electron chi connectivity index (χ2n) is 4.91. The van der Waals surface area contributed by atoms with Crippen molar-refractivity contribution < 1.29 is 9.53 Å². The highest BCUT2D eigenvalue weighted by Gasteiger charge is 2.29. The van der Waals surface area contributed by atoms with Gasteiger partial charge in [-0.1, -0.05) is 0 Å². The van der Waals surface area contributed by atoms with E-state index in [4.69, 9.17) is 4.74 Å². The Labute approximate surface area is 102 Å². The van der Waals surface area contributed by atoms with E-state index in [0.29, 0.717) is 0 Å². The summed E-state index contributed by atoms with van der Waals surface area (Å²) in [4.78, 5) is 11.6. The molecule has 0 atom stereocenters. The van der Waals surface area contributed by atoms with Crippen molar-refractivity contribution in [1.82, 2.24) is 0 Å². The molecule has 1 aromatic carbocycles. The summed E-state index contributed by atoms with van der Waals surface area (Å²) in [5.41, 5.74) is 1.93. The molecular weight excluding hydrogens is 214 g/mol. The Kier molecular flexibility index (Phi) is 3.36. The van der Waals surface area contributed by atoms with E-state index in [1.807, 2.05) is 39.0 Å². The summed E-state index contributed by atoms with van der Waals surface area (Å²) in [5, 5.41) is 2.96. The average Bonchev–Trinajstić information content (AvgIpc) is 3.04. The van der Waals surface area contributed by atoms with E-state index in [2.05, 4.69) is 5.32 Å². The van der Waals surface area contributed by atoms with Gasteiger partial charge in [-0.2, -0.15) is 0 Å². The SMILES string of the molecule is Cc1cc(OC(C)C)ccc1NC(=O)C1CC1. The number of benzene rings is 1. The third-order valence-corrected chi connectivity index (χ3v) is 2.78. The van der Waals surface area contributed by atoms with Crippen LogP contribution < -0.4 is 10.1 Å². The monoisotopic (exact) mass is 233 g/mol. The minimum Gasteiger partial charge on any atom is -0.491 e. The number of amides is 1. The van der Waals surface area contributed by atoms with Crippen LogP contribution in [0.25, 0.3) is 0 Å². The third-order valence-electron chi connectivity index (χ3n) is 2.78. The van der Waals surface area contributed by atoms with Gasteiger partial charge >= 0.3 is 0 Å².